The molecule has 2 fully saturated rings. The van der Waals surface area contributed by atoms with Crippen molar-refractivity contribution in [2.75, 3.05) is 26.2 Å². The molecule has 1 aromatic heterocycles. The second kappa shape index (κ2) is 10.9. The van der Waals surface area contributed by atoms with Gasteiger partial charge in [0.25, 0.3) is 5.91 Å². The second-order valence-electron chi connectivity index (χ2n) is 11.4. The Hall–Kier alpha value is -4.12. The number of likely N-dealkylation sites (tertiary alicyclic amines) is 2. The molecule has 202 valence electrons. The fraction of sp³-hybridized carbons (Fsp3) is 0.419. The molecule has 1 atom stereocenters. The van der Waals surface area contributed by atoms with E-state index >= 15 is 0 Å². The fourth-order valence-electron chi connectivity index (χ4n) is 5.57. The van der Waals surface area contributed by atoms with E-state index in [-0.39, 0.29) is 17.9 Å². The van der Waals surface area contributed by atoms with Gasteiger partial charge in [-0.15, -0.1) is 0 Å². The lowest BCUT2D eigenvalue weighted by Gasteiger charge is -2.34. The third-order valence-electron chi connectivity index (χ3n) is 7.56. The number of piperidine rings is 1. The van der Waals surface area contributed by atoms with Crippen LogP contribution in [0.15, 0.2) is 60.8 Å². The maximum Gasteiger partial charge on any atom is 0.410 e. The number of hydrogen-bond donors (Lipinski definition) is 0. The van der Waals surface area contributed by atoms with Gasteiger partial charge in [-0.1, -0.05) is 30.3 Å². The molecule has 3 aromatic rings. The van der Waals surface area contributed by atoms with Crippen LogP contribution in [0.25, 0.3) is 5.69 Å². The second-order valence-corrected chi connectivity index (χ2v) is 11.4. The van der Waals surface area contributed by atoms with E-state index in [0.29, 0.717) is 56.1 Å². The highest BCUT2D eigenvalue weighted by Gasteiger charge is 2.35. The lowest BCUT2D eigenvalue weighted by Crippen LogP contribution is -2.41. The van der Waals surface area contributed by atoms with E-state index in [4.69, 9.17) is 4.74 Å². The molecule has 0 radical (unpaired) electrons. The minimum absolute atomic E-state index is 0.00195. The van der Waals surface area contributed by atoms with Crippen LogP contribution in [-0.2, 0) is 4.74 Å². The third-order valence-corrected chi connectivity index (χ3v) is 7.56. The number of carbonyl (C=O) groups is 2. The molecular formula is C31H35N5O3. The van der Waals surface area contributed by atoms with Gasteiger partial charge in [-0.2, -0.15) is 10.4 Å². The molecule has 3 heterocycles. The van der Waals surface area contributed by atoms with Crippen molar-refractivity contribution in [2.24, 2.45) is 0 Å². The van der Waals surface area contributed by atoms with E-state index in [2.05, 4.69) is 23.3 Å². The van der Waals surface area contributed by atoms with Crippen molar-refractivity contribution in [3.05, 3.63) is 83.2 Å². The molecule has 8 nitrogen and oxygen atoms in total. The van der Waals surface area contributed by atoms with E-state index in [1.165, 1.54) is 5.56 Å². The zero-order chi connectivity index (χ0) is 27.6. The summed E-state index contributed by atoms with van der Waals surface area (Å²) < 4.78 is 7.42. The summed E-state index contributed by atoms with van der Waals surface area (Å²) in [7, 11) is 0. The number of benzene rings is 2. The molecule has 2 aromatic carbocycles. The van der Waals surface area contributed by atoms with Crippen molar-refractivity contribution in [3.63, 3.8) is 0 Å². The van der Waals surface area contributed by atoms with Crippen LogP contribution in [0.4, 0.5) is 4.79 Å². The van der Waals surface area contributed by atoms with Crippen molar-refractivity contribution in [1.29, 1.82) is 5.26 Å². The average Bonchev–Trinajstić information content (AvgIpc) is 3.61. The molecule has 5 rings (SSSR count). The van der Waals surface area contributed by atoms with Crippen LogP contribution in [0.5, 0.6) is 0 Å². The summed E-state index contributed by atoms with van der Waals surface area (Å²) in [6.07, 6.45) is 3.72. The molecule has 39 heavy (non-hydrogen) atoms. The van der Waals surface area contributed by atoms with E-state index in [9.17, 15) is 14.9 Å². The van der Waals surface area contributed by atoms with Gasteiger partial charge in [0.2, 0.25) is 0 Å². The Bertz CT molecular complexity index is 1360. The topological polar surface area (TPSA) is 91.5 Å². The van der Waals surface area contributed by atoms with Gasteiger partial charge >= 0.3 is 6.09 Å². The number of ether oxygens (including phenoxy) is 1. The highest BCUT2D eigenvalue weighted by molar-refractivity contribution is 5.95. The van der Waals surface area contributed by atoms with Crippen molar-refractivity contribution < 1.29 is 14.3 Å². The first-order valence-electron chi connectivity index (χ1n) is 13.6. The number of carbonyl (C=O) groups excluding carboxylic acids is 2. The molecule has 2 saturated heterocycles. The number of rotatable bonds is 4. The van der Waals surface area contributed by atoms with Gasteiger partial charge in [0.05, 0.1) is 34.8 Å². The Kier molecular flexibility index (Phi) is 7.42. The van der Waals surface area contributed by atoms with E-state index in [1.54, 1.807) is 23.2 Å². The maximum absolute atomic E-state index is 13.9. The molecular weight excluding hydrogens is 490 g/mol. The SMILES string of the molecule is CC(C)(C)OC(=O)N1CCC(c2c(C(=O)N3CC[C@H](c4ccccc4)C3)cnn2-c2ccc(C#N)cc2)CC1. The molecule has 2 amide bonds. The van der Waals surface area contributed by atoms with Gasteiger partial charge in [-0.3, -0.25) is 4.79 Å². The summed E-state index contributed by atoms with van der Waals surface area (Å²) >= 11 is 0. The Morgan fingerprint density at radius 3 is 2.21 bits per heavy atom. The number of hydrogen-bond acceptors (Lipinski definition) is 5. The van der Waals surface area contributed by atoms with Gasteiger partial charge in [0.1, 0.15) is 5.60 Å². The lowest BCUT2D eigenvalue weighted by molar-refractivity contribution is 0.0203. The molecule has 8 heteroatoms. The minimum Gasteiger partial charge on any atom is -0.444 e. The van der Waals surface area contributed by atoms with Gasteiger partial charge in [0.15, 0.2) is 0 Å². The zero-order valence-electron chi connectivity index (χ0n) is 22.8. The first-order chi connectivity index (χ1) is 18.7. The van der Waals surface area contributed by atoms with Crippen molar-refractivity contribution >= 4 is 12.0 Å². The standard InChI is InChI=1S/C31H35N5O3/c1-31(2,3)39-30(38)34-16-13-24(14-17-34)28-27(20-33-36(28)26-11-9-22(19-32)10-12-26)29(37)35-18-15-25(21-35)23-7-5-4-6-8-23/h4-12,20,24-25H,13-18,21H2,1-3H3/t25-/m0/s1. The molecule has 0 spiro atoms. The normalized spacial score (nSPS) is 18.2. The van der Waals surface area contributed by atoms with Gasteiger partial charge < -0.3 is 14.5 Å². The zero-order valence-corrected chi connectivity index (χ0v) is 22.8. The summed E-state index contributed by atoms with van der Waals surface area (Å²) in [5.74, 6) is 0.371. The first kappa shape index (κ1) is 26.5. The average molecular weight is 526 g/mol. The number of nitriles is 1. The van der Waals surface area contributed by atoms with Crippen molar-refractivity contribution in [2.45, 2.75) is 57.5 Å². The highest BCUT2D eigenvalue weighted by atomic mass is 16.6. The van der Waals surface area contributed by atoms with Crippen LogP contribution >= 0.6 is 0 Å². The van der Waals surface area contributed by atoms with Gasteiger partial charge in [0, 0.05) is 38.0 Å². The van der Waals surface area contributed by atoms with Crippen LogP contribution in [0.3, 0.4) is 0 Å². The first-order valence-corrected chi connectivity index (χ1v) is 13.6. The summed E-state index contributed by atoms with van der Waals surface area (Å²) in [4.78, 5) is 30.2. The Labute approximate surface area is 229 Å². The minimum atomic E-state index is -0.547. The van der Waals surface area contributed by atoms with Crippen LogP contribution in [-0.4, -0.2) is 63.4 Å². The van der Waals surface area contributed by atoms with Crippen LogP contribution in [0, 0.1) is 11.3 Å². The number of aromatic nitrogens is 2. The van der Waals surface area contributed by atoms with Crippen LogP contribution < -0.4 is 0 Å². The van der Waals surface area contributed by atoms with Gasteiger partial charge in [-0.05, 0) is 69.9 Å². The molecule has 0 bridgehead atoms. The molecule has 0 saturated carbocycles. The summed E-state index contributed by atoms with van der Waals surface area (Å²) in [6, 6.07) is 19.8. The molecule has 0 aliphatic carbocycles. The molecule has 2 aliphatic heterocycles. The van der Waals surface area contributed by atoms with E-state index in [0.717, 1.165) is 17.8 Å². The highest BCUT2D eigenvalue weighted by Crippen LogP contribution is 2.35. The van der Waals surface area contributed by atoms with Crippen molar-refractivity contribution in [3.8, 4) is 11.8 Å². The predicted molar refractivity (Wildman–Crippen MR) is 148 cm³/mol. The van der Waals surface area contributed by atoms with Crippen molar-refractivity contribution in [1.82, 2.24) is 19.6 Å². The maximum atomic E-state index is 13.9. The Balaban J connectivity index is 1.40. The fourth-order valence-corrected chi connectivity index (χ4v) is 5.57. The smallest absolute Gasteiger partial charge is 0.410 e. The Morgan fingerprint density at radius 1 is 0.923 bits per heavy atom. The largest absolute Gasteiger partial charge is 0.444 e. The summed E-state index contributed by atoms with van der Waals surface area (Å²) in [5, 5.41) is 13.9. The quantitative estimate of drug-likeness (QED) is 0.449. The number of nitrogens with zero attached hydrogens (tertiary/aromatic N) is 5. The summed E-state index contributed by atoms with van der Waals surface area (Å²) in [5.41, 5.74) is 3.57. The molecule has 2 aliphatic rings. The van der Waals surface area contributed by atoms with Crippen LogP contribution in [0.1, 0.15) is 79.0 Å². The van der Waals surface area contributed by atoms with Crippen LogP contribution in [0.2, 0.25) is 0 Å². The lowest BCUT2D eigenvalue weighted by atomic mass is 9.90. The molecule has 0 N–H and O–H groups in total. The van der Waals surface area contributed by atoms with Gasteiger partial charge in [-0.25, -0.2) is 9.48 Å². The third kappa shape index (κ3) is 5.83. The van der Waals surface area contributed by atoms with E-state index < -0.39 is 5.60 Å². The predicted octanol–water partition coefficient (Wildman–Crippen LogP) is 5.49. The van der Waals surface area contributed by atoms with E-state index in [1.807, 2.05) is 60.7 Å². The monoisotopic (exact) mass is 525 g/mol. The molecule has 0 unspecified atom stereocenters. The Morgan fingerprint density at radius 2 is 1.56 bits per heavy atom. The number of amides is 2. The summed E-state index contributed by atoms with van der Waals surface area (Å²) in [6.45, 7) is 8.08.